The van der Waals surface area contributed by atoms with Crippen LogP contribution in [-0.2, 0) is 31.8 Å². The molecule has 4 aromatic carbocycles. The average molecular weight is 511 g/mol. The van der Waals surface area contributed by atoms with E-state index in [0.717, 1.165) is 34.4 Å². The molecule has 6 rings (SSSR count). The molecule has 38 heavy (non-hydrogen) atoms. The normalized spacial score (nSPS) is 22.5. The Morgan fingerprint density at radius 3 is 1.45 bits per heavy atom. The van der Waals surface area contributed by atoms with Gasteiger partial charge < -0.3 is 18.9 Å². The second-order valence-corrected chi connectivity index (χ2v) is 9.98. The number of ether oxygens (including phenoxy) is 4. The quantitative estimate of drug-likeness (QED) is 0.312. The summed E-state index contributed by atoms with van der Waals surface area (Å²) in [5.74, 6) is -0.848. The number of benzene rings is 4. The van der Waals surface area contributed by atoms with Crippen molar-refractivity contribution in [1.29, 1.82) is 0 Å². The van der Waals surface area contributed by atoms with Crippen LogP contribution >= 0.6 is 0 Å². The highest BCUT2D eigenvalue weighted by atomic mass is 16.7. The Kier molecular flexibility index (Phi) is 6.60. The average Bonchev–Trinajstić information content (AvgIpc) is 3.54. The van der Waals surface area contributed by atoms with E-state index in [1.54, 1.807) is 12.1 Å². The molecular weight excluding hydrogens is 480 g/mol. The third-order valence-corrected chi connectivity index (χ3v) is 7.58. The summed E-state index contributed by atoms with van der Waals surface area (Å²) < 4.78 is 23.3. The number of carbonyl (C=O) groups excluding carboxylic acids is 2. The second-order valence-electron chi connectivity index (χ2n) is 9.98. The van der Waals surface area contributed by atoms with Crippen LogP contribution < -0.4 is 0 Å². The molecule has 0 saturated carbocycles. The molecule has 0 aliphatic carbocycles. The van der Waals surface area contributed by atoms with Gasteiger partial charge in [0.25, 0.3) is 0 Å². The smallest absolute Gasteiger partial charge is 0.338 e. The van der Waals surface area contributed by atoms with Crippen LogP contribution in [0, 0.1) is 0 Å². The number of hydrogen-bond acceptors (Lipinski definition) is 6. The van der Waals surface area contributed by atoms with Gasteiger partial charge in [0.15, 0.2) is 12.2 Å². The highest BCUT2D eigenvalue weighted by Gasteiger charge is 2.51. The van der Waals surface area contributed by atoms with E-state index < -0.39 is 36.4 Å². The Bertz CT molecular complexity index is 1410. The number of fused-ring (bicyclic) bond motifs is 3. The van der Waals surface area contributed by atoms with Gasteiger partial charge in [0.2, 0.25) is 0 Å². The van der Waals surface area contributed by atoms with Crippen molar-refractivity contribution in [2.45, 2.75) is 51.1 Å². The first-order valence-electron chi connectivity index (χ1n) is 13.2. The molecule has 0 N–H and O–H groups in total. The summed E-state index contributed by atoms with van der Waals surface area (Å²) in [4.78, 5) is 25.9. The Morgan fingerprint density at radius 1 is 0.632 bits per heavy atom. The summed E-state index contributed by atoms with van der Waals surface area (Å²) in [7, 11) is 0. The lowest BCUT2D eigenvalue weighted by Gasteiger charge is -2.17. The van der Waals surface area contributed by atoms with Gasteiger partial charge >= 0.3 is 11.9 Å². The molecule has 4 unspecified atom stereocenters. The van der Waals surface area contributed by atoms with E-state index in [4.69, 9.17) is 18.9 Å². The van der Waals surface area contributed by atoms with Gasteiger partial charge in [0.1, 0.15) is 12.2 Å². The molecule has 0 bridgehead atoms. The van der Waals surface area contributed by atoms with Crippen LogP contribution in [-0.4, -0.2) is 49.6 Å². The molecule has 2 saturated heterocycles. The molecule has 2 aliphatic rings. The van der Waals surface area contributed by atoms with Crippen molar-refractivity contribution in [3.8, 4) is 0 Å². The molecule has 2 fully saturated rings. The zero-order valence-electron chi connectivity index (χ0n) is 21.5. The van der Waals surface area contributed by atoms with Gasteiger partial charge in [-0.05, 0) is 69.8 Å². The number of hydrogen-bond donors (Lipinski definition) is 0. The van der Waals surface area contributed by atoms with E-state index >= 15 is 0 Å². The molecule has 2 heterocycles. The van der Waals surface area contributed by atoms with Crippen molar-refractivity contribution in [1.82, 2.24) is 0 Å². The fourth-order valence-electron chi connectivity index (χ4n) is 5.33. The first-order chi connectivity index (χ1) is 18.5. The van der Waals surface area contributed by atoms with E-state index in [-0.39, 0.29) is 13.2 Å². The van der Waals surface area contributed by atoms with Crippen molar-refractivity contribution in [2.24, 2.45) is 0 Å². The molecule has 6 nitrogen and oxygen atoms in total. The van der Waals surface area contributed by atoms with E-state index in [1.807, 2.05) is 36.4 Å². The third-order valence-electron chi connectivity index (χ3n) is 7.58. The fourth-order valence-corrected chi connectivity index (χ4v) is 5.33. The predicted molar refractivity (Wildman–Crippen MR) is 145 cm³/mol. The molecule has 4 atom stereocenters. The standard InChI is InChI=1S/C32H30O6/c1-3-19-5-7-23-15-25(11-9-21(23)13-19)31(33)37-27-17-35-30-28(18-36-29(27)30)38-32(34)26-12-10-22-14-20(4-2)6-8-24(22)16-26/h5-16,27-30H,3-4,17-18H2,1-2H3. The van der Waals surface area contributed by atoms with Crippen LogP contribution in [0.2, 0.25) is 0 Å². The summed E-state index contributed by atoms with van der Waals surface area (Å²) in [6, 6.07) is 23.6. The summed E-state index contributed by atoms with van der Waals surface area (Å²) in [6.07, 6.45) is -0.169. The highest BCUT2D eigenvalue weighted by molar-refractivity contribution is 5.96. The van der Waals surface area contributed by atoms with Crippen LogP contribution in [0.25, 0.3) is 21.5 Å². The largest absolute Gasteiger partial charge is 0.453 e. The highest BCUT2D eigenvalue weighted by Crippen LogP contribution is 2.32. The SMILES string of the molecule is CCc1ccc2cc(C(=O)OC3COC4C(OC(=O)c5ccc6cc(CC)ccc6c5)COC34)ccc2c1. The zero-order valence-corrected chi connectivity index (χ0v) is 21.5. The summed E-state index contributed by atoms with van der Waals surface area (Å²) in [5.41, 5.74) is 3.46. The Balaban J connectivity index is 1.10. The van der Waals surface area contributed by atoms with Gasteiger partial charge in [-0.2, -0.15) is 0 Å². The molecule has 0 aromatic heterocycles. The molecule has 0 amide bonds. The zero-order chi connectivity index (χ0) is 26.2. The first kappa shape index (κ1) is 24.6. The number of esters is 2. The number of rotatable bonds is 6. The maximum Gasteiger partial charge on any atom is 0.338 e. The fraction of sp³-hybridized carbons (Fsp3) is 0.312. The van der Waals surface area contributed by atoms with Crippen molar-refractivity contribution in [3.63, 3.8) is 0 Å². The summed E-state index contributed by atoms with van der Waals surface area (Å²) in [5, 5.41) is 4.15. The molecule has 6 heteroatoms. The Hall–Kier alpha value is -3.74. The summed E-state index contributed by atoms with van der Waals surface area (Å²) >= 11 is 0. The molecule has 0 radical (unpaired) electrons. The van der Waals surface area contributed by atoms with Crippen molar-refractivity contribution in [3.05, 3.63) is 95.1 Å². The van der Waals surface area contributed by atoms with Crippen molar-refractivity contribution < 1.29 is 28.5 Å². The molecule has 4 aromatic rings. The summed E-state index contributed by atoms with van der Waals surface area (Å²) in [6.45, 7) is 4.62. The molecule has 194 valence electrons. The lowest BCUT2D eigenvalue weighted by Crippen LogP contribution is -2.36. The van der Waals surface area contributed by atoms with Crippen LogP contribution in [0.3, 0.4) is 0 Å². The van der Waals surface area contributed by atoms with Crippen LogP contribution in [0.4, 0.5) is 0 Å². The first-order valence-corrected chi connectivity index (χ1v) is 13.2. The minimum atomic E-state index is -0.567. The molecule has 0 spiro atoms. The third kappa shape index (κ3) is 4.66. The lowest BCUT2D eigenvalue weighted by atomic mass is 10.0. The van der Waals surface area contributed by atoms with Crippen LogP contribution in [0.1, 0.15) is 45.7 Å². The predicted octanol–water partition coefficient (Wildman–Crippen LogP) is 5.67. The Morgan fingerprint density at radius 2 is 1.03 bits per heavy atom. The second kappa shape index (κ2) is 10.2. The lowest BCUT2D eigenvalue weighted by molar-refractivity contribution is -0.0287. The Labute approximate surface area is 221 Å². The van der Waals surface area contributed by atoms with Gasteiger partial charge in [-0.3, -0.25) is 0 Å². The minimum absolute atomic E-state index is 0.193. The topological polar surface area (TPSA) is 71.1 Å². The van der Waals surface area contributed by atoms with Crippen molar-refractivity contribution >= 4 is 33.5 Å². The number of carbonyl (C=O) groups is 2. The van der Waals surface area contributed by atoms with Gasteiger partial charge in [0, 0.05) is 0 Å². The minimum Gasteiger partial charge on any atom is -0.453 e. The van der Waals surface area contributed by atoms with E-state index in [0.29, 0.717) is 11.1 Å². The van der Waals surface area contributed by atoms with E-state index in [2.05, 4.69) is 38.1 Å². The maximum atomic E-state index is 12.9. The monoisotopic (exact) mass is 510 g/mol. The number of aryl methyl sites for hydroxylation is 2. The van der Waals surface area contributed by atoms with Gasteiger partial charge in [-0.25, -0.2) is 9.59 Å². The van der Waals surface area contributed by atoms with Crippen LogP contribution in [0.5, 0.6) is 0 Å². The molecule has 2 aliphatic heterocycles. The van der Waals surface area contributed by atoms with Crippen LogP contribution in [0.15, 0.2) is 72.8 Å². The van der Waals surface area contributed by atoms with Gasteiger partial charge in [-0.15, -0.1) is 0 Å². The van der Waals surface area contributed by atoms with Crippen molar-refractivity contribution in [2.75, 3.05) is 13.2 Å². The maximum absolute atomic E-state index is 12.9. The van der Waals surface area contributed by atoms with E-state index in [9.17, 15) is 9.59 Å². The molecular formula is C32H30O6. The van der Waals surface area contributed by atoms with Gasteiger partial charge in [0.05, 0.1) is 24.3 Å². The van der Waals surface area contributed by atoms with Gasteiger partial charge in [-0.1, -0.05) is 62.4 Å². The van der Waals surface area contributed by atoms with E-state index in [1.165, 1.54) is 11.1 Å².